The molecule has 0 bridgehead atoms. The maximum absolute atomic E-state index is 11.8. The molecule has 1 amide bonds. The van der Waals surface area contributed by atoms with Gasteiger partial charge in [0, 0.05) is 17.9 Å². The van der Waals surface area contributed by atoms with E-state index in [2.05, 4.69) is 15.5 Å². The summed E-state index contributed by atoms with van der Waals surface area (Å²) in [6, 6.07) is 4.99. The van der Waals surface area contributed by atoms with Crippen LogP contribution in [0.3, 0.4) is 0 Å². The Morgan fingerprint density at radius 1 is 1.35 bits per heavy atom. The van der Waals surface area contributed by atoms with Gasteiger partial charge >= 0.3 is 0 Å². The first kappa shape index (κ1) is 15.6. The second-order valence-electron chi connectivity index (χ2n) is 3.86. The minimum absolute atomic E-state index is 0.0721. The minimum Gasteiger partial charge on any atom is -0.326 e. The van der Waals surface area contributed by atoms with Crippen LogP contribution in [-0.2, 0) is 4.79 Å². The fourth-order valence-electron chi connectivity index (χ4n) is 1.37. The van der Waals surface area contributed by atoms with E-state index in [-0.39, 0.29) is 5.91 Å². The topological polar surface area (TPSA) is 54.9 Å². The van der Waals surface area contributed by atoms with Crippen molar-refractivity contribution in [3.8, 4) is 0 Å². The van der Waals surface area contributed by atoms with Crippen LogP contribution in [0.5, 0.6) is 0 Å². The van der Waals surface area contributed by atoms with E-state index in [0.717, 1.165) is 9.35 Å². The summed E-state index contributed by atoms with van der Waals surface area (Å²) >= 11 is 14.7. The first-order chi connectivity index (χ1) is 9.54. The van der Waals surface area contributed by atoms with Crippen molar-refractivity contribution in [2.75, 3.05) is 11.1 Å². The molecule has 0 atom stereocenters. The smallest absolute Gasteiger partial charge is 0.225 e. The normalized spacial score (nSPS) is 10.6. The zero-order chi connectivity index (χ0) is 14.5. The fourth-order valence-corrected chi connectivity index (χ4v) is 3.49. The summed E-state index contributed by atoms with van der Waals surface area (Å²) in [6.07, 6.45) is 0.392. The predicted octanol–water partition coefficient (Wildman–Crippen LogP) is 4.27. The van der Waals surface area contributed by atoms with Crippen molar-refractivity contribution in [3.05, 3.63) is 33.3 Å². The van der Waals surface area contributed by atoms with Gasteiger partial charge in [-0.25, -0.2) is 0 Å². The highest BCUT2D eigenvalue weighted by molar-refractivity contribution is 8.01. The Balaban J connectivity index is 1.79. The number of rotatable bonds is 5. The number of carbonyl (C=O) groups is 1. The number of anilines is 1. The third-order valence-electron chi connectivity index (χ3n) is 2.27. The molecule has 20 heavy (non-hydrogen) atoms. The minimum atomic E-state index is -0.0721. The highest BCUT2D eigenvalue weighted by Gasteiger charge is 2.06. The van der Waals surface area contributed by atoms with Gasteiger partial charge in [-0.1, -0.05) is 46.3 Å². The fraction of sp³-hybridized carbons (Fsp3) is 0.250. The van der Waals surface area contributed by atoms with Gasteiger partial charge in [0.05, 0.1) is 10.0 Å². The van der Waals surface area contributed by atoms with Crippen molar-refractivity contribution in [2.45, 2.75) is 17.7 Å². The Morgan fingerprint density at radius 3 is 2.80 bits per heavy atom. The number of halogens is 2. The van der Waals surface area contributed by atoms with Crippen LogP contribution < -0.4 is 5.32 Å². The largest absolute Gasteiger partial charge is 0.326 e. The number of aromatic nitrogens is 2. The molecule has 1 heterocycles. The van der Waals surface area contributed by atoms with Gasteiger partial charge in [-0.3, -0.25) is 4.79 Å². The average molecular weight is 348 g/mol. The number of hydrogen-bond acceptors (Lipinski definition) is 5. The summed E-state index contributed by atoms with van der Waals surface area (Å²) in [7, 11) is 0. The Morgan fingerprint density at radius 2 is 2.15 bits per heavy atom. The summed E-state index contributed by atoms with van der Waals surface area (Å²) in [6.45, 7) is 1.90. The standard InChI is InChI=1S/C12H11Cl2N3OS2/c1-7-16-17-12(20-7)19-5-4-11(18)15-8-2-3-9(13)10(14)6-8/h2-3,6H,4-5H2,1H3,(H,15,18). The van der Waals surface area contributed by atoms with Crippen LogP contribution in [0.2, 0.25) is 10.0 Å². The Bertz CT molecular complexity index is 618. The second kappa shape index (κ2) is 7.26. The number of nitrogens with one attached hydrogen (secondary N) is 1. The molecule has 2 rings (SSSR count). The summed E-state index contributed by atoms with van der Waals surface area (Å²) in [5.74, 6) is 0.582. The Kier molecular flexibility index (Phi) is 5.65. The lowest BCUT2D eigenvalue weighted by Crippen LogP contribution is -2.12. The van der Waals surface area contributed by atoms with Crippen LogP contribution in [0, 0.1) is 6.92 Å². The van der Waals surface area contributed by atoms with Crippen molar-refractivity contribution >= 4 is 57.9 Å². The molecule has 1 N–H and O–H groups in total. The monoisotopic (exact) mass is 347 g/mol. The van der Waals surface area contributed by atoms with E-state index < -0.39 is 0 Å². The molecule has 0 spiro atoms. The van der Waals surface area contributed by atoms with Crippen molar-refractivity contribution in [1.82, 2.24) is 10.2 Å². The SMILES string of the molecule is Cc1nnc(SCCC(=O)Nc2ccc(Cl)c(Cl)c2)s1. The third kappa shape index (κ3) is 4.63. The molecule has 1 aromatic carbocycles. The second-order valence-corrected chi connectivity index (χ2v) is 7.20. The quantitative estimate of drug-likeness (QED) is 0.820. The van der Waals surface area contributed by atoms with E-state index in [9.17, 15) is 4.79 Å². The van der Waals surface area contributed by atoms with Gasteiger partial charge in [0.2, 0.25) is 5.91 Å². The van der Waals surface area contributed by atoms with Crippen LogP contribution >= 0.6 is 46.3 Å². The lowest BCUT2D eigenvalue weighted by molar-refractivity contribution is -0.115. The van der Waals surface area contributed by atoms with Crippen LogP contribution in [-0.4, -0.2) is 21.9 Å². The molecule has 4 nitrogen and oxygen atoms in total. The first-order valence-corrected chi connectivity index (χ1v) is 8.28. The van der Waals surface area contributed by atoms with Gasteiger partial charge in [-0.05, 0) is 25.1 Å². The molecule has 8 heteroatoms. The van der Waals surface area contributed by atoms with E-state index in [1.807, 2.05) is 6.92 Å². The van der Waals surface area contributed by atoms with Gasteiger partial charge < -0.3 is 5.32 Å². The number of amides is 1. The Labute approximate surface area is 134 Å². The number of benzene rings is 1. The molecule has 0 fully saturated rings. The van der Waals surface area contributed by atoms with Crippen LogP contribution in [0.1, 0.15) is 11.4 Å². The summed E-state index contributed by atoms with van der Waals surface area (Å²) in [5, 5.41) is 12.5. The van der Waals surface area contributed by atoms with Crippen molar-refractivity contribution in [1.29, 1.82) is 0 Å². The highest BCUT2D eigenvalue weighted by Crippen LogP contribution is 2.25. The molecule has 0 aliphatic heterocycles. The molecule has 0 radical (unpaired) electrons. The van der Waals surface area contributed by atoms with Gasteiger partial charge in [-0.2, -0.15) is 0 Å². The summed E-state index contributed by atoms with van der Waals surface area (Å²) in [4.78, 5) is 11.8. The highest BCUT2D eigenvalue weighted by atomic mass is 35.5. The molecule has 0 saturated carbocycles. The van der Waals surface area contributed by atoms with Crippen LogP contribution in [0.4, 0.5) is 5.69 Å². The first-order valence-electron chi connectivity index (χ1n) is 5.72. The molecule has 2 aromatic rings. The zero-order valence-corrected chi connectivity index (χ0v) is 13.7. The van der Waals surface area contributed by atoms with E-state index in [0.29, 0.717) is 27.9 Å². The predicted molar refractivity (Wildman–Crippen MR) is 85.1 cm³/mol. The van der Waals surface area contributed by atoms with Crippen molar-refractivity contribution in [3.63, 3.8) is 0 Å². The number of thioether (sulfide) groups is 1. The molecular weight excluding hydrogens is 337 g/mol. The number of hydrogen-bond donors (Lipinski definition) is 1. The molecule has 0 unspecified atom stereocenters. The van der Waals surface area contributed by atoms with Gasteiger partial charge in [0.1, 0.15) is 5.01 Å². The molecule has 106 valence electrons. The van der Waals surface area contributed by atoms with Crippen LogP contribution in [0.25, 0.3) is 0 Å². The summed E-state index contributed by atoms with van der Waals surface area (Å²) < 4.78 is 0.879. The lowest BCUT2D eigenvalue weighted by Gasteiger charge is -2.05. The van der Waals surface area contributed by atoms with E-state index >= 15 is 0 Å². The molecule has 0 aliphatic carbocycles. The van der Waals surface area contributed by atoms with E-state index in [1.54, 1.807) is 18.2 Å². The zero-order valence-electron chi connectivity index (χ0n) is 10.5. The molecule has 1 aromatic heterocycles. The maximum Gasteiger partial charge on any atom is 0.225 e. The number of carbonyl (C=O) groups excluding carboxylic acids is 1. The average Bonchev–Trinajstić information content (AvgIpc) is 2.80. The lowest BCUT2D eigenvalue weighted by atomic mass is 10.3. The van der Waals surface area contributed by atoms with Gasteiger partial charge in [0.25, 0.3) is 0 Å². The Hall–Kier alpha value is -0.820. The molecular formula is C12H11Cl2N3OS2. The number of nitrogens with zero attached hydrogens (tertiary/aromatic N) is 2. The molecule has 0 aliphatic rings. The van der Waals surface area contributed by atoms with Crippen LogP contribution in [0.15, 0.2) is 22.5 Å². The third-order valence-corrected chi connectivity index (χ3v) is 4.98. The maximum atomic E-state index is 11.8. The van der Waals surface area contributed by atoms with Gasteiger partial charge in [0.15, 0.2) is 4.34 Å². The summed E-state index contributed by atoms with van der Waals surface area (Å²) in [5.41, 5.74) is 0.640. The van der Waals surface area contributed by atoms with E-state index in [4.69, 9.17) is 23.2 Å². The molecule has 0 saturated heterocycles. The van der Waals surface area contributed by atoms with Gasteiger partial charge in [-0.15, -0.1) is 10.2 Å². The van der Waals surface area contributed by atoms with Crippen molar-refractivity contribution in [2.24, 2.45) is 0 Å². The van der Waals surface area contributed by atoms with E-state index in [1.165, 1.54) is 23.1 Å². The van der Waals surface area contributed by atoms with Crippen molar-refractivity contribution < 1.29 is 4.79 Å². The number of aryl methyl sites for hydroxylation is 1.